The van der Waals surface area contributed by atoms with Gasteiger partial charge in [-0.2, -0.15) is 0 Å². The average Bonchev–Trinajstić information content (AvgIpc) is 2.75. The Bertz CT molecular complexity index is 447. The molecule has 0 spiro atoms. The highest BCUT2D eigenvalue weighted by Crippen LogP contribution is 2.15. The summed E-state index contributed by atoms with van der Waals surface area (Å²) in [6.07, 6.45) is 1.98. The van der Waals surface area contributed by atoms with E-state index >= 15 is 0 Å². The molecular formula is C13H19N3. The molecule has 0 aliphatic carbocycles. The third-order valence-electron chi connectivity index (χ3n) is 2.92. The fourth-order valence-electron chi connectivity index (χ4n) is 1.99. The topological polar surface area (TPSA) is 45.0 Å². The van der Waals surface area contributed by atoms with Crippen LogP contribution < -0.4 is 5.73 Å². The summed E-state index contributed by atoms with van der Waals surface area (Å²) in [6.45, 7) is 5.88. The number of nitrogens with one attached hydrogen (secondary N) is 1. The van der Waals surface area contributed by atoms with E-state index in [1.54, 1.807) is 0 Å². The minimum absolute atomic E-state index is 0.722. The number of rotatable bonds is 5. The zero-order valence-corrected chi connectivity index (χ0v) is 9.74. The first kappa shape index (κ1) is 11.2. The summed E-state index contributed by atoms with van der Waals surface area (Å²) in [5, 5.41) is 1.28. The monoisotopic (exact) mass is 217 g/mol. The summed E-state index contributed by atoms with van der Waals surface area (Å²) < 4.78 is 0. The smallest absolute Gasteiger partial charge is 0.0454 e. The minimum atomic E-state index is 0.722. The van der Waals surface area contributed by atoms with Gasteiger partial charge >= 0.3 is 0 Å². The molecule has 2 rings (SSSR count). The van der Waals surface area contributed by atoms with Crippen LogP contribution in [0.3, 0.4) is 0 Å². The maximum atomic E-state index is 5.59. The number of aromatic nitrogens is 1. The predicted molar refractivity (Wildman–Crippen MR) is 68.3 cm³/mol. The molecule has 86 valence electrons. The Hall–Kier alpha value is -1.32. The molecule has 0 bridgehead atoms. The van der Waals surface area contributed by atoms with Gasteiger partial charge in [0.2, 0.25) is 0 Å². The van der Waals surface area contributed by atoms with Crippen LogP contribution in [0.15, 0.2) is 30.5 Å². The van der Waals surface area contributed by atoms with Gasteiger partial charge in [0.1, 0.15) is 0 Å². The summed E-state index contributed by atoms with van der Waals surface area (Å²) >= 11 is 0. The van der Waals surface area contributed by atoms with Crippen molar-refractivity contribution in [3.63, 3.8) is 0 Å². The van der Waals surface area contributed by atoms with Crippen molar-refractivity contribution in [1.82, 2.24) is 9.88 Å². The highest BCUT2D eigenvalue weighted by Gasteiger charge is 2.03. The van der Waals surface area contributed by atoms with Crippen molar-refractivity contribution in [3.05, 3.63) is 36.0 Å². The SMILES string of the molecule is CCN(CCN)Cc1ccc2[nH]ccc2c1. The zero-order chi connectivity index (χ0) is 11.4. The molecule has 0 atom stereocenters. The number of aromatic amines is 1. The molecule has 3 heteroatoms. The first-order valence-corrected chi connectivity index (χ1v) is 5.82. The van der Waals surface area contributed by atoms with Gasteiger partial charge in [-0.05, 0) is 35.7 Å². The second-order valence-electron chi connectivity index (χ2n) is 4.06. The number of hydrogen-bond donors (Lipinski definition) is 2. The van der Waals surface area contributed by atoms with Crippen molar-refractivity contribution in [2.24, 2.45) is 5.73 Å². The van der Waals surface area contributed by atoms with Crippen LogP contribution in [0.4, 0.5) is 0 Å². The van der Waals surface area contributed by atoms with Crippen LogP contribution in [0.25, 0.3) is 10.9 Å². The molecule has 0 aliphatic heterocycles. The van der Waals surface area contributed by atoms with Gasteiger partial charge in [-0.1, -0.05) is 13.0 Å². The molecule has 3 N–H and O–H groups in total. The molecule has 0 aliphatic rings. The molecule has 0 saturated carbocycles. The molecule has 1 aromatic carbocycles. The van der Waals surface area contributed by atoms with E-state index in [1.807, 2.05) is 6.20 Å². The van der Waals surface area contributed by atoms with Gasteiger partial charge in [0.25, 0.3) is 0 Å². The molecule has 1 heterocycles. The summed E-state index contributed by atoms with van der Waals surface area (Å²) in [4.78, 5) is 5.56. The average molecular weight is 217 g/mol. The summed E-state index contributed by atoms with van der Waals surface area (Å²) in [6, 6.07) is 8.67. The predicted octanol–water partition coefficient (Wildman–Crippen LogP) is 1.95. The van der Waals surface area contributed by atoms with Crippen LogP contribution in [0, 0.1) is 0 Å². The summed E-state index contributed by atoms with van der Waals surface area (Å²) in [5.74, 6) is 0. The van der Waals surface area contributed by atoms with Gasteiger partial charge in [-0.15, -0.1) is 0 Å². The quantitative estimate of drug-likeness (QED) is 0.804. The fraction of sp³-hybridized carbons (Fsp3) is 0.385. The number of H-pyrrole nitrogens is 1. The van der Waals surface area contributed by atoms with E-state index in [1.165, 1.54) is 16.5 Å². The standard InChI is InChI=1S/C13H19N3/c1-2-16(8-6-14)10-11-3-4-13-12(9-11)5-7-15-13/h3-5,7,9,15H,2,6,8,10,14H2,1H3. The molecular weight excluding hydrogens is 198 g/mol. The summed E-state index contributed by atoms with van der Waals surface area (Å²) in [7, 11) is 0. The van der Waals surface area contributed by atoms with E-state index in [0.29, 0.717) is 0 Å². The highest BCUT2D eigenvalue weighted by molar-refractivity contribution is 5.79. The number of fused-ring (bicyclic) bond motifs is 1. The van der Waals surface area contributed by atoms with Crippen molar-refractivity contribution < 1.29 is 0 Å². The van der Waals surface area contributed by atoms with Crippen LogP contribution in [0.5, 0.6) is 0 Å². The van der Waals surface area contributed by atoms with E-state index in [9.17, 15) is 0 Å². The lowest BCUT2D eigenvalue weighted by atomic mass is 10.1. The van der Waals surface area contributed by atoms with Crippen LogP contribution in [0.2, 0.25) is 0 Å². The van der Waals surface area contributed by atoms with Crippen molar-refractivity contribution in [2.75, 3.05) is 19.6 Å². The Balaban J connectivity index is 2.13. The Morgan fingerprint density at radius 2 is 2.19 bits per heavy atom. The molecule has 2 aromatic rings. The second kappa shape index (κ2) is 5.14. The highest BCUT2D eigenvalue weighted by atomic mass is 15.1. The van der Waals surface area contributed by atoms with E-state index in [4.69, 9.17) is 5.73 Å². The number of nitrogens with zero attached hydrogens (tertiary/aromatic N) is 1. The molecule has 0 amide bonds. The van der Waals surface area contributed by atoms with Crippen LogP contribution in [-0.4, -0.2) is 29.5 Å². The Morgan fingerprint density at radius 3 is 2.94 bits per heavy atom. The van der Waals surface area contributed by atoms with Crippen LogP contribution in [-0.2, 0) is 6.54 Å². The fourth-order valence-corrected chi connectivity index (χ4v) is 1.99. The Labute approximate surface area is 96.2 Å². The Kier molecular flexibility index (Phi) is 3.59. The van der Waals surface area contributed by atoms with Crippen molar-refractivity contribution in [1.29, 1.82) is 0 Å². The molecule has 0 radical (unpaired) electrons. The Morgan fingerprint density at radius 1 is 1.31 bits per heavy atom. The first-order chi connectivity index (χ1) is 7.83. The van der Waals surface area contributed by atoms with E-state index < -0.39 is 0 Å². The van der Waals surface area contributed by atoms with Crippen LogP contribution in [0.1, 0.15) is 12.5 Å². The van der Waals surface area contributed by atoms with E-state index in [0.717, 1.165) is 26.2 Å². The van der Waals surface area contributed by atoms with Crippen molar-refractivity contribution in [3.8, 4) is 0 Å². The van der Waals surface area contributed by atoms with Gasteiger partial charge in [0.15, 0.2) is 0 Å². The zero-order valence-electron chi connectivity index (χ0n) is 9.74. The van der Waals surface area contributed by atoms with Gasteiger partial charge in [0.05, 0.1) is 0 Å². The number of nitrogens with two attached hydrogens (primary N) is 1. The third-order valence-corrected chi connectivity index (χ3v) is 2.92. The van der Waals surface area contributed by atoms with E-state index in [2.05, 4.69) is 41.1 Å². The third kappa shape index (κ3) is 2.43. The first-order valence-electron chi connectivity index (χ1n) is 5.82. The second-order valence-corrected chi connectivity index (χ2v) is 4.06. The number of hydrogen-bond acceptors (Lipinski definition) is 2. The van der Waals surface area contributed by atoms with Crippen molar-refractivity contribution in [2.45, 2.75) is 13.5 Å². The van der Waals surface area contributed by atoms with Gasteiger partial charge in [-0.25, -0.2) is 0 Å². The lowest BCUT2D eigenvalue weighted by molar-refractivity contribution is 0.288. The van der Waals surface area contributed by atoms with Gasteiger partial charge < -0.3 is 10.7 Å². The minimum Gasteiger partial charge on any atom is -0.361 e. The summed E-state index contributed by atoms with van der Waals surface area (Å²) in [5.41, 5.74) is 8.14. The molecule has 3 nitrogen and oxygen atoms in total. The molecule has 1 aromatic heterocycles. The maximum Gasteiger partial charge on any atom is 0.0454 e. The van der Waals surface area contributed by atoms with Crippen molar-refractivity contribution >= 4 is 10.9 Å². The van der Waals surface area contributed by atoms with Gasteiger partial charge in [-0.3, -0.25) is 4.90 Å². The normalized spacial score (nSPS) is 11.4. The van der Waals surface area contributed by atoms with Gasteiger partial charge in [0, 0.05) is 31.3 Å². The molecule has 0 fully saturated rings. The maximum absolute atomic E-state index is 5.59. The lowest BCUT2D eigenvalue weighted by Crippen LogP contribution is -2.28. The molecule has 0 saturated heterocycles. The molecule has 0 unspecified atom stereocenters. The largest absolute Gasteiger partial charge is 0.361 e. The number of likely N-dealkylation sites (N-methyl/N-ethyl adjacent to an activating group) is 1. The van der Waals surface area contributed by atoms with E-state index in [-0.39, 0.29) is 0 Å². The molecule has 16 heavy (non-hydrogen) atoms. The number of benzene rings is 1. The lowest BCUT2D eigenvalue weighted by Gasteiger charge is -2.19. The van der Waals surface area contributed by atoms with Crippen LogP contribution >= 0.6 is 0 Å².